The molecule has 0 spiro atoms. The number of carbonyl (C=O) groups excluding carboxylic acids is 5. The summed E-state index contributed by atoms with van der Waals surface area (Å²) in [5.74, 6) is -3.77. The third kappa shape index (κ3) is 8.37. The van der Waals surface area contributed by atoms with Crippen molar-refractivity contribution in [3.63, 3.8) is 0 Å². The van der Waals surface area contributed by atoms with Gasteiger partial charge in [-0.05, 0) is 80.8 Å². The molecule has 0 saturated carbocycles. The molecule has 0 saturated heterocycles. The summed E-state index contributed by atoms with van der Waals surface area (Å²) in [4.78, 5) is 68.9. The van der Waals surface area contributed by atoms with Crippen molar-refractivity contribution in [1.82, 2.24) is 26.2 Å². The molecule has 14 heteroatoms. The van der Waals surface area contributed by atoms with Crippen LogP contribution in [-0.2, 0) is 25.6 Å². The molecule has 3 aromatic carbocycles. The second kappa shape index (κ2) is 16.0. The van der Waals surface area contributed by atoms with Gasteiger partial charge in [-0.25, -0.2) is 0 Å². The minimum Gasteiger partial charge on any atom is -0.507 e. The van der Waals surface area contributed by atoms with Gasteiger partial charge in [-0.1, -0.05) is 29.8 Å². The molecule has 262 valence electrons. The topological polar surface area (TPSA) is 227 Å². The third-order valence-electron chi connectivity index (χ3n) is 8.52. The average molecular weight is 684 g/mol. The van der Waals surface area contributed by atoms with Crippen LogP contribution < -0.4 is 27.0 Å². The van der Waals surface area contributed by atoms with E-state index in [9.17, 15) is 34.2 Å². The Hall–Kier alpha value is -5.94. The summed E-state index contributed by atoms with van der Waals surface area (Å²) in [6.07, 6.45) is -0.00263. The van der Waals surface area contributed by atoms with E-state index in [0.717, 1.165) is 10.5 Å². The third-order valence-corrected chi connectivity index (χ3v) is 8.52. The second-order valence-electron chi connectivity index (χ2n) is 12.3. The van der Waals surface area contributed by atoms with Crippen LogP contribution in [0.2, 0.25) is 0 Å². The monoisotopic (exact) mass is 683 g/mol. The van der Waals surface area contributed by atoms with Crippen LogP contribution in [0, 0.1) is 25.2 Å². The van der Waals surface area contributed by atoms with Crippen LogP contribution in [0.25, 0.3) is 11.1 Å². The van der Waals surface area contributed by atoms with Gasteiger partial charge in [-0.15, -0.1) is 0 Å². The van der Waals surface area contributed by atoms with Crippen molar-refractivity contribution in [2.45, 2.75) is 57.8 Å². The molecule has 0 aromatic heterocycles. The minimum atomic E-state index is -1.40. The van der Waals surface area contributed by atoms with Crippen LogP contribution in [0.15, 0.2) is 54.6 Å². The van der Waals surface area contributed by atoms with Crippen molar-refractivity contribution in [1.29, 1.82) is 5.26 Å². The summed E-state index contributed by atoms with van der Waals surface area (Å²) >= 11 is 0. The first-order valence-corrected chi connectivity index (χ1v) is 16.0. The molecule has 1 aliphatic rings. The molecule has 0 radical (unpaired) electrons. The lowest BCUT2D eigenvalue weighted by Gasteiger charge is -2.32. The van der Waals surface area contributed by atoms with Crippen LogP contribution in [0.1, 0.15) is 52.0 Å². The van der Waals surface area contributed by atoms with Crippen LogP contribution in [0.4, 0.5) is 0 Å². The summed E-state index contributed by atoms with van der Waals surface area (Å²) < 4.78 is 0. The number of benzene rings is 3. The fourth-order valence-electron chi connectivity index (χ4n) is 5.87. The minimum absolute atomic E-state index is 0.0353. The maximum absolute atomic E-state index is 14.1. The number of carbonyl (C=O) groups is 5. The number of nitrogens with zero attached hydrogens (tertiary/aromatic N) is 2. The molecular weight excluding hydrogens is 642 g/mol. The molecule has 5 amide bonds. The van der Waals surface area contributed by atoms with Crippen LogP contribution in [0.5, 0.6) is 11.5 Å². The van der Waals surface area contributed by atoms with E-state index in [-0.39, 0.29) is 54.1 Å². The number of nitriles is 1. The summed E-state index contributed by atoms with van der Waals surface area (Å²) in [5, 5.41) is 41.1. The molecule has 4 rings (SSSR count). The normalized spacial score (nSPS) is 18.0. The number of phenols is 2. The number of nitrogens with one attached hydrogen (secondary N) is 4. The molecule has 8 N–H and O–H groups in total. The van der Waals surface area contributed by atoms with Crippen LogP contribution >= 0.6 is 0 Å². The van der Waals surface area contributed by atoms with Gasteiger partial charge >= 0.3 is 0 Å². The first-order chi connectivity index (χ1) is 23.7. The highest BCUT2D eigenvalue weighted by atomic mass is 16.3. The molecule has 4 atom stereocenters. The SMILES string of the molecule is Cc1ccc(C(=O)N[C@@H](CCN)C(=O)N(C)[C@@H]2C(=O)N[C@@H](C)C(=O)N[C@H](C(=O)NCC#N)Cc3ccc(O)c(c3)-c3cc2ccc3O)c(C)c1. The number of hydrogen-bond acceptors (Lipinski definition) is 9. The molecule has 50 heavy (non-hydrogen) atoms. The fraction of sp³-hybridized carbons (Fsp3) is 0.333. The van der Waals surface area contributed by atoms with Crippen LogP contribution in [0.3, 0.4) is 0 Å². The molecule has 0 fully saturated rings. The maximum Gasteiger partial charge on any atom is 0.252 e. The number of nitrogens with two attached hydrogens (primary N) is 1. The number of likely N-dealkylation sites (N-methyl/N-ethyl adjacent to an activating group) is 1. The number of fused-ring (bicyclic) bond motifs is 5. The van der Waals surface area contributed by atoms with E-state index in [1.165, 1.54) is 44.3 Å². The van der Waals surface area contributed by atoms with Gasteiger partial charge in [0, 0.05) is 30.2 Å². The molecule has 0 unspecified atom stereocenters. The lowest BCUT2D eigenvalue weighted by molar-refractivity contribution is -0.141. The first kappa shape index (κ1) is 36.9. The number of aromatic hydroxyl groups is 2. The number of hydrogen-bond donors (Lipinski definition) is 7. The van der Waals surface area contributed by atoms with E-state index in [1.807, 2.05) is 19.1 Å². The van der Waals surface area contributed by atoms with Gasteiger partial charge in [0.05, 0.1) is 6.07 Å². The predicted octanol–water partition coefficient (Wildman–Crippen LogP) is 1.21. The highest BCUT2D eigenvalue weighted by Gasteiger charge is 2.36. The number of phenolic OH excluding ortho intramolecular Hbond substituents is 2. The maximum atomic E-state index is 14.1. The largest absolute Gasteiger partial charge is 0.507 e. The van der Waals surface area contributed by atoms with Gasteiger partial charge in [-0.2, -0.15) is 5.26 Å². The highest BCUT2D eigenvalue weighted by Crippen LogP contribution is 2.38. The Kier molecular flexibility index (Phi) is 11.8. The van der Waals surface area contributed by atoms with Crippen molar-refractivity contribution in [3.8, 4) is 28.7 Å². The smallest absolute Gasteiger partial charge is 0.252 e. The van der Waals surface area contributed by atoms with Gasteiger partial charge in [0.15, 0.2) is 0 Å². The quantitative estimate of drug-likeness (QED) is 0.169. The standard InChI is InChI=1S/C36H41N7O7/c1-19-5-8-24(20(2)15-19)33(47)41-27(11-12-37)36(50)43(4)31-23-7-10-30(45)26(18-23)25-16-22(6-9-29(25)44)17-28(34(48)39-14-13-38)42-32(46)21(3)40-35(31)49/h5-10,15-16,18,21,27-28,31,44-45H,11-12,14,17,37H2,1-4H3,(H,39,48)(H,40,49)(H,41,47)(H,42,46)/t21-,27-,28-,31-/m0/s1. The van der Waals surface area contributed by atoms with Gasteiger partial charge in [-0.3, -0.25) is 24.0 Å². The number of aryl methyl sites for hydroxylation is 2. The van der Waals surface area contributed by atoms with Crippen molar-refractivity contribution < 1.29 is 34.2 Å². The van der Waals surface area contributed by atoms with Crippen molar-refractivity contribution in [2.75, 3.05) is 20.1 Å². The van der Waals surface area contributed by atoms with Crippen molar-refractivity contribution in [3.05, 3.63) is 82.4 Å². The van der Waals surface area contributed by atoms with Gasteiger partial charge in [0.1, 0.15) is 42.2 Å². The van der Waals surface area contributed by atoms with Crippen molar-refractivity contribution in [2.24, 2.45) is 5.73 Å². The van der Waals surface area contributed by atoms with Crippen LogP contribution in [-0.4, -0.2) is 82.9 Å². The van der Waals surface area contributed by atoms with E-state index >= 15 is 0 Å². The molecule has 3 aromatic rings. The lowest BCUT2D eigenvalue weighted by Crippen LogP contribution is -2.56. The molecule has 14 nitrogen and oxygen atoms in total. The summed E-state index contributed by atoms with van der Waals surface area (Å²) in [6, 6.07) is 10.8. The molecule has 1 aliphatic heterocycles. The second-order valence-corrected chi connectivity index (χ2v) is 12.3. The van der Waals surface area contributed by atoms with E-state index in [4.69, 9.17) is 11.0 Å². The van der Waals surface area contributed by atoms with Gasteiger partial charge < -0.3 is 42.1 Å². The Balaban J connectivity index is 1.78. The summed E-state index contributed by atoms with van der Waals surface area (Å²) in [6.45, 7) is 4.81. The van der Waals surface area contributed by atoms with E-state index in [1.54, 1.807) is 25.1 Å². The molecule has 1 heterocycles. The number of amides is 5. The zero-order chi connectivity index (χ0) is 36.7. The zero-order valence-electron chi connectivity index (χ0n) is 28.2. The first-order valence-electron chi connectivity index (χ1n) is 16.0. The Labute approximate surface area is 289 Å². The lowest BCUT2D eigenvalue weighted by atomic mass is 9.93. The predicted molar refractivity (Wildman–Crippen MR) is 183 cm³/mol. The average Bonchev–Trinajstić information content (AvgIpc) is 3.07. The van der Waals surface area contributed by atoms with Gasteiger partial charge in [0.2, 0.25) is 23.6 Å². The summed E-state index contributed by atoms with van der Waals surface area (Å²) in [7, 11) is 1.37. The Bertz CT molecular complexity index is 1850. The Morgan fingerprint density at radius 1 is 1.00 bits per heavy atom. The highest BCUT2D eigenvalue weighted by molar-refractivity contribution is 6.00. The van der Waals surface area contributed by atoms with E-state index < -0.39 is 53.7 Å². The van der Waals surface area contributed by atoms with E-state index in [0.29, 0.717) is 16.7 Å². The Morgan fingerprint density at radius 3 is 2.34 bits per heavy atom. The molecule has 0 aliphatic carbocycles. The Morgan fingerprint density at radius 2 is 1.68 bits per heavy atom. The molecular formula is C36H41N7O7. The molecule has 4 bridgehead atoms. The fourth-order valence-corrected chi connectivity index (χ4v) is 5.87. The van der Waals surface area contributed by atoms with E-state index in [2.05, 4.69) is 21.3 Å². The van der Waals surface area contributed by atoms with Gasteiger partial charge in [0.25, 0.3) is 5.91 Å². The summed E-state index contributed by atoms with van der Waals surface area (Å²) in [5.41, 5.74) is 8.89. The zero-order valence-corrected chi connectivity index (χ0v) is 28.2. The van der Waals surface area contributed by atoms with Crippen molar-refractivity contribution >= 4 is 29.5 Å². The number of rotatable bonds is 8.